The fourth-order valence-electron chi connectivity index (χ4n) is 5.00. The second-order valence-corrected chi connectivity index (χ2v) is 10.1. The normalized spacial score (nSPS) is 27.1. The summed E-state index contributed by atoms with van der Waals surface area (Å²) in [5.41, 5.74) is 4.26. The fourth-order valence-corrected chi connectivity index (χ4v) is 5.32. The van der Waals surface area contributed by atoms with Gasteiger partial charge in [-0.1, -0.05) is 42.5 Å². The Labute approximate surface area is 216 Å². The van der Waals surface area contributed by atoms with Gasteiger partial charge in [-0.25, -0.2) is 0 Å². The van der Waals surface area contributed by atoms with Crippen molar-refractivity contribution in [3.05, 3.63) is 77.4 Å². The number of carbonyl (C=O) groups is 2. The zero-order valence-electron chi connectivity index (χ0n) is 20.2. The van der Waals surface area contributed by atoms with E-state index in [4.69, 9.17) is 21.3 Å². The van der Waals surface area contributed by atoms with Crippen molar-refractivity contribution in [3.63, 3.8) is 0 Å². The molecule has 2 aliphatic heterocycles. The van der Waals surface area contributed by atoms with E-state index >= 15 is 0 Å². The van der Waals surface area contributed by atoms with Crippen molar-refractivity contribution in [1.29, 1.82) is 0 Å². The van der Waals surface area contributed by atoms with Gasteiger partial charge in [0.1, 0.15) is 0 Å². The van der Waals surface area contributed by atoms with Gasteiger partial charge in [0, 0.05) is 30.4 Å². The molecule has 3 aliphatic rings. The van der Waals surface area contributed by atoms with Crippen LogP contribution in [-0.4, -0.2) is 54.7 Å². The van der Waals surface area contributed by atoms with Crippen molar-refractivity contribution in [3.8, 4) is 0 Å². The number of allylic oxidation sites excluding steroid dienone is 1. The van der Waals surface area contributed by atoms with Crippen molar-refractivity contribution < 1.29 is 14.3 Å². The van der Waals surface area contributed by atoms with Gasteiger partial charge >= 0.3 is 0 Å². The van der Waals surface area contributed by atoms with Crippen LogP contribution in [0, 0.1) is 5.92 Å². The maximum Gasteiger partial charge on any atom is 0.256 e. The van der Waals surface area contributed by atoms with Crippen LogP contribution in [0.1, 0.15) is 47.3 Å². The van der Waals surface area contributed by atoms with Gasteiger partial charge in [0.25, 0.3) is 5.91 Å². The monoisotopic (exact) mass is 506 g/mol. The summed E-state index contributed by atoms with van der Waals surface area (Å²) in [6.45, 7) is 3.78. The Morgan fingerprint density at radius 3 is 2.75 bits per heavy atom. The third-order valence-electron chi connectivity index (χ3n) is 6.93. The number of benzene rings is 2. The maximum absolute atomic E-state index is 12.8. The first-order valence-corrected chi connectivity index (χ1v) is 12.9. The largest absolute Gasteiger partial charge is 0.381 e. The Morgan fingerprint density at radius 2 is 1.97 bits per heavy atom. The molecule has 2 amide bonds. The summed E-state index contributed by atoms with van der Waals surface area (Å²) in [4.78, 5) is 30.1. The number of carbonyl (C=O) groups excluding carboxylic acids is 2. The molecule has 0 saturated carbocycles. The average molecular weight is 507 g/mol. The predicted octanol–water partition coefficient (Wildman–Crippen LogP) is 3.85. The summed E-state index contributed by atoms with van der Waals surface area (Å²) in [7, 11) is 0. The molecule has 0 spiro atoms. The van der Waals surface area contributed by atoms with Gasteiger partial charge in [0.2, 0.25) is 5.91 Å². The van der Waals surface area contributed by atoms with Crippen LogP contribution >= 0.6 is 11.6 Å². The van der Waals surface area contributed by atoms with E-state index in [1.165, 1.54) is 0 Å². The minimum absolute atomic E-state index is 0.0286. The van der Waals surface area contributed by atoms with E-state index in [-0.39, 0.29) is 41.2 Å². The number of rotatable bonds is 6. The molecule has 2 aromatic carbocycles. The molecule has 188 valence electrons. The molecule has 2 aromatic rings. The van der Waals surface area contributed by atoms with Crippen LogP contribution in [0.25, 0.3) is 0 Å². The first-order valence-electron chi connectivity index (χ1n) is 12.5. The van der Waals surface area contributed by atoms with Crippen molar-refractivity contribution in [1.82, 2.24) is 10.6 Å². The molecule has 8 heteroatoms. The summed E-state index contributed by atoms with van der Waals surface area (Å²) in [5.74, 6) is -0.144. The summed E-state index contributed by atoms with van der Waals surface area (Å²) in [6.07, 6.45) is 5.27. The van der Waals surface area contributed by atoms with E-state index in [9.17, 15) is 9.59 Å². The molecule has 36 heavy (non-hydrogen) atoms. The molecule has 1 fully saturated rings. The standard InChI is InChI=1S/C28H31ClN4O3/c1-17(31-25-11-10-19(14-23(25)29)32-27(34)18-12-13-36-16-18)15-30-26-20-6-2-3-7-21(20)28(35)33-24-9-5-4-8-22(24)26/h2-11,17-19,23,26,30H,12-16H2,1H3,(H,32,34)(H,33,35). The first kappa shape index (κ1) is 24.7. The van der Waals surface area contributed by atoms with Crippen LogP contribution in [0.2, 0.25) is 0 Å². The van der Waals surface area contributed by atoms with Gasteiger partial charge in [-0.05, 0) is 49.1 Å². The van der Waals surface area contributed by atoms with Crippen LogP contribution in [0.15, 0.2) is 65.7 Å². The van der Waals surface area contributed by atoms with Crippen LogP contribution in [-0.2, 0) is 9.53 Å². The van der Waals surface area contributed by atoms with E-state index in [1.54, 1.807) is 0 Å². The van der Waals surface area contributed by atoms with Gasteiger partial charge in [0.15, 0.2) is 0 Å². The Bertz CT molecular complexity index is 1190. The minimum atomic E-state index is -0.274. The highest BCUT2D eigenvalue weighted by atomic mass is 35.5. The molecule has 2 heterocycles. The lowest BCUT2D eigenvalue weighted by molar-refractivity contribution is -0.125. The van der Waals surface area contributed by atoms with E-state index in [0.29, 0.717) is 31.7 Å². The second-order valence-electron chi connectivity index (χ2n) is 9.61. The molecule has 1 aliphatic carbocycles. The summed E-state index contributed by atoms with van der Waals surface area (Å²) < 4.78 is 5.32. The van der Waals surface area contributed by atoms with Crippen LogP contribution in [0.4, 0.5) is 5.69 Å². The minimum Gasteiger partial charge on any atom is -0.381 e. The number of anilines is 1. The lowest BCUT2D eigenvalue weighted by atomic mass is 9.94. The molecule has 0 radical (unpaired) electrons. The second kappa shape index (κ2) is 10.9. The zero-order chi connectivity index (χ0) is 25.1. The fraction of sp³-hybridized carbons (Fsp3) is 0.393. The lowest BCUT2D eigenvalue weighted by Gasteiger charge is -2.25. The number of hydrogen-bond donors (Lipinski definition) is 3. The van der Waals surface area contributed by atoms with Gasteiger partial charge in [-0.3, -0.25) is 14.6 Å². The summed E-state index contributed by atoms with van der Waals surface area (Å²) >= 11 is 6.66. The quantitative estimate of drug-likeness (QED) is 0.519. The van der Waals surface area contributed by atoms with E-state index in [1.807, 2.05) is 67.6 Å². The van der Waals surface area contributed by atoms with Crippen molar-refractivity contribution in [2.24, 2.45) is 10.9 Å². The summed E-state index contributed by atoms with van der Waals surface area (Å²) in [6, 6.07) is 15.3. The van der Waals surface area contributed by atoms with Crippen molar-refractivity contribution >= 4 is 34.8 Å². The number of hydrogen-bond acceptors (Lipinski definition) is 5. The molecule has 5 rings (SSSR count). The third kappa shape index (κ3) is 5.38. The van der Waals surface area contributed by atoms with E-state index in [2.05, 4.69) is 16.0 Å². The Hall–Kier alpha value is -3.00. The molecular weight excluding hydrogens is 476 g/mol. The number of alkyl halides is 1. The Balaban J connectivity index is 1.26. The van der Waals surface area contributed by atoms with Gasteiger partial charge < -0.3 is 20.7 Å². The van der Waals surface area contributed by atoms with Crippen LogP contribution in [0.3, 0.4) is 0 Å². The topological polar surface area (TPSA) is 91.8 Å². The predicted molar refractivity (Wildman–Crippen MR) is 142 cm³/mol. The number of halogens is 1. The Morgan fingerprint density at radius 1 is 1.19 bits per heavy atom. The van der Waals surface area contributed by atoms with Gasteiger partial charge in [-0.15, -0.1) is 11.6 Å². The smallest absolute Gasteiger partial charge is 0.256 e. The van der Waals surface area contributed by atoms with Gasteiger partial charge in [-0.2, -0.15) is 0 Å². The average Bonchev–Trinajstić information content (AvgIpc) is 3.39. The lowest BCUT2D eigenvalue weighted by Crippen LogP contribution is -2.42. The van der Waals surface area contributed by atoms with Crippen LogP contribution < -0.4 is 16.0 Å². The van der Waals surface area contributed by atoms with E-state index < -0.39 is 0 Å². The van der Waals surface area contributed by atoms with Crippen LogP contribution in [0.5, 0.6) is 0 Å². The number of nitrogens with zero attached hydrogens (tertiary/aromatic N) is 1. The molecule has 7 nitrogen and oxygen atoms in total. The molecular formula is C28H31ClN4O3. The zero-order valence-corrected chi connectivity index (χ0v) is 21.0. The molecule has 1 saturated heterocycles. The number of ether oxygens (including phenoxy) is 1. The molecule has 0 bridgehead atoms. The number of amides is 2. The number of nitrogens with one attached hydrogen (secondary N) is 3. The molecule has 0 aromatic heterocycles. The van der Waals surface area contributed by atoms with Crippen molar-refractivity contribution in [2.75, 3.05) is 25.1 Å². The first-order chi connectivity index (χ1) is 17.5. The maximum atomic E-state index is 12.8. The molecule has 5 unspecified atom stereocenters. The number of fused-ring (bicyclic) bond motifs is 2. The molecule has 5 atom stereocenters. The van der Waals surface area contributed by atoms with Gasteiger partial charge in [0.05, 0.1) is 35.7 Å². The molecule has 3 N–H and O–H groups in total. The van der Waals surface area contributed by atoms with Crippen molar-refractivity contribution in [2.45, 2.75) is 43.3 Å². The SMILES string of the molecule is CC(CNC1c2ccccc2NC(=O)c2ccccc21)N=C1C=CC(NC(=O)C2CCOC2)CC1Cl. The highest BCUT2D eigenvalue weighted by Gasteiger charge is 2.29. The third-order valence-corrected chi connectivity index (χ3v) is 7.33. The number of aliphatic imine (C=N–C) groups is 1. The van der Waals surface area contributed by atoms with E-state index in [0.717, 1.165) is 28.9 Å². The highest BCUT2D eigenvalue weighted by molar-refractivity contribution is 6.34. The highest BCUT2D eigenvalue weighted by Crippen LogP contribution is 2.34. The summed E-state index contributed by atoms with van der Waals surface area (Å²) in [5, 5.41) is 9.46. The Kier molecular flexibility index (Phi) is 7.51. The number of para-hydroxylation sites is 1.